The fourth-order valence-corrected chi connectivity index (χ4v) is 5.94. The molecule has 13 heteroatoms. The molecule has 0 spiro atoms. The van der Waals surface area contributed by atoms with Crippen LogP contribution in [0, 0.1) is 0 Å². The van der Waals surface area contributed by atoms with Crippen molar-refractivity contribution in [3.63, 3.8) is 0 Å². The van der Waals surface area contributed by atoms with E-state index >= 15 is 0 Å². The lowest BCUT2D eigenvalue weighted by Gasteiger charge is -2.32. The number of carbonyl (C=O) groups is 2. The zero-order chi connectivity index (χ0) is 32.0. The molecule has 0 unspecified atom stereocenters. The number of carbonyl (C=O) groups excluding carboxylic acids is 2. The molecule has 0 aliphatic carbocycles. The molecule has 3 aromatic carbocycles. The Bertz CT molecular complexity index is 1760. The molecule has 3 amide bonds. The predicted octanol–water partition coefficient (Wildman–Crippen LogP) is 7.33. The number of amides is 3. The van der Waals surface area contributed by atoms with Crippen LogP contribution in [0.15, 0.2) is 90.0 Å². The Labute approximate surface area is 279 Å². The first-order chi connectivity index (χ1) is 21.5. The molecule has 0 saturated carbocycles. The fraction of sp³-hybridized carbons (Fsp3) is 0.242. The summed E-state index contributed by atoms with van der Waals surface area (Å²) in [5, 5.41) is 8.62. The molecule has 1 fully saturated rings. The van der Waals surface area contributed by atoms with Gasteiger partial charge in [-0.3, -0.25) is 9.69 Å². The number of hydrogen-bond acceptors (Lipinski definition) is 7. The number of nitrogens with one attached hydrogen (secondary N) is 3. The van der Waals surface area contributed by atoms with E-state index in [1.165, 1.54) is 30.9 Å². The topological polar surface area (TPSA) is 130 Å². The number of rotatable bonds is 9. The molecule has 0 atom stereocenters. The van der Waals surface area contributed by atoms with Crippen molar-refractivity contribution >= 4 is 62.8 Å². The van der Waals surface area contributed by atoms with Crippen molar-refractivity contribution in [3.05, 3.63) is 101 Å². The summed E-state index contributed by atoms with van der Waals surface area (Å²) in [4.78, 5) is 31.0. The van der Waals surface area contributed by atoms with Crippen LogP contribution >= 0.6 is 24.0 Å². The Morgan fingerprint density at radius 3 is 2.17 bits per heavy atom. The van der Waals surface area contributed by atoms with Crippen LogP contribution < -0.4 is 20.7 Å². The third-order valence-electron chi connectivity index (χ3n) is 7.44. The number of urea groups is 1. The van der Waals surface area contributed by atoms with Gasteiger partial charge in [-0.1, -0.05) is 29.8 Å². The summed E-state index contributed by atoms with van der Waals surface area (Å²) in [5.41, 5.74) is 3.94. The van der Waals surface area contributed by atoms with E-state index in [1.54, 1.807) is 30.3 Å². The molecular formula is C33H35Cl2N5O5S. The SMILES string of the molecule is CC(=O)Nc1cc(NC(=O)Nc2ccc(C3CCN(Cc4ccc(Oc5ccc(S(C)(=O)=O)cc5)nc4)CC3)cc2)ccc1Cl.Cl. The highest BCUT2D eigenvalue weighted by atomic mass is 35.5. The number of anilines is 3. The summed E-state index contributed by atoms with van der Waals surface area (Å²) >= 11 is 6.11. The highest BCUT2D eigenvalue weighted by Crippen LogP contribution is 2.30. The normalized spacial score (nSPS) is 13.7. The lowest BCUT2D eigenvalue weighted by atomic mass is 9.89. The second kappa shape index (κ2) is 15.4. The zero-order valence-electron chi connectivity index (χ0n) is 25.3. The minimum absolute atomic E-state index is 0. The van der Waals surface area contributed by atoms with Crippen molar-refractivity contribution in [2.75, 3.05) is 35.3 Å². The Morgan fingerprint density at radius 2 is 1.57 bits per heavy atom. The highest BCUT2D eigenvalue weighted by Gasteiger charge is 2.21. The summed E-state index contributed by atoms with van der Waals surface area (Å²) in [7, 11) is -3.25. The molecule has 0 radical (unpaired) electrons. The average molecular weight is 685 g/mol. The van der Waals surface area contributed by atoms with Gasteiger partial charge < -0.3 is 20.7 Å². The molecule has 1 saturated heterocycles. The Kier molecular flexibility index (Phi) is 11.6. The quantitative estimate of drug-likeness (QED) is 0.168. The molecule has 0 bridgehead atoms. The lowest BCUT2D eigenvalue weighted by molar-refractivity contribution is -0.114. The predicted molar refractivity (Wildman–Crippen MR) is 183 cm³/mol. The van der Waals surface area contributed by atoms with E-state index in [0.717, 1.165) is 38.0 Å². The van der Waals surface area contributed by atoms with Gasteiger partial charge in [-0.25, -0.2) is 18.2 Å². The number of likely N-dealkylation sites (tertiary alicyclic amines) is 1. The van der Waals surface area contributed by atoms with E-state index in [-0.39, 0.29) is 23.2 Å². The smallest absolute Gasteiger partial charge is 0.323 e. The molecule has 1 aromatic heterocycles. The van der Waals surface area contributed by atoms with Crippen LogP contribution in [-0.2, 0) is 21.2 Å². The van der Waals surface area contributed by atoms with Gasteiger partial charge in [0, 0.05) is 43.4 Å². The van der Waals surface area contributed by atoms with Gasteiger partial charge in [0.25, 0.3) is 0 Å². The van der Waals surface area contributed by atoms with Gasteiger partial charge in [0.1, 0.15) is 5.75 Å². The number of ether oxygens (including phenoxy) is 1. The van der Waals surface area contributed by atoms with Gasteiger partial charge in [0.05, 0.1) is 15.6 Å². The Hall–Kier alpha value is -4.16. The van der Waals surface area contributed by atoms with Crippen molar-refractivity contribution in [3.8, 4) is 11.6 Å². The van der Waals surface area contributed by atoms with Crippen molar-refractivity contribution in [2.45, 2.75) is 37.1 Å². The summed E-state index contributed by atoms with van der Waals surface area (Å²) < 4.78 is 29.0. The minimum atomic E-state index is -3.25. The maximum atomic E-state index is 12.5. The number of benzene rings is 3. The minimum Gasteiger partial charge on any atom is -0.439 e. The molecule has 2 heterocycles. The number of pyridine rings is 1. The van der Waals surface area contributed by atoms with Gasteiger partial charge in [-0.2, -0.15) is 0 Å². The summed E-state index contributed by atoms with van der Waals surface area (Å²) in [6, 6.07) is 22.5. The van der Waals surface area contributed by atoms with Crippen molar-refractivity contribution in [1.82, 2.24) is 9.88 Å². The lowest BCUT2D eigenvalue weighted by Crippen LogP contribution is -2.32. The van der Waals surface area contributed by atoms with Crippen LogP contribution in [0.2, 0.25) is 5.02 Å². The van der Waals surface area contributed by atoms with Crippen molar-refractivity contribution in [2.24, 2.45) is 0 Å². The number of sulfone groups is 1. The van der Waals surface area contributed by atoms with E-state index in [4.69, 9.17) is 16.3 Å². The maximum absolute atomic E-state index is 12.5. The van der Waals surface area contributed by atoms with E-state index in [1.807, 2.05) is 30.5 Å². The summed E-state index contributed by atoms with van der Waals surface area (Å²) in [6.45, 7) is 4.10. The fourth-order valence-electron chi connectivity index (χ4n) is 5.14. The molecule has 5 rings (SSSR count). The number of aromatic nitrogens is 1. The standard InChI is InChI=1S/C33H34ClN5O5S.ClH/c1-22(40)36-31-19-27(8-13-30(31)34)38-33(41)37-26-6-4-24(5-7-26)25-15-17-39(18-16-25)21-23-3-14-32(35-20-23)44-28-9-11-29(12-10-28)45(2,42)43;/h3-14,19-20,25H,15-18,21H2,1-2H3,(H,36,40)(H2,37,38,41);1H. The highest BCUT2D eigenvalue weighted by molar-refractivity contribution is 7.90. The molecule has 10 nitrogen and oxygen atoms in total. The maximum Gasteiger partial charge on any atom is 0.323 e. The van der Waals surface area contributed by atoms with E-state index < -0.39 is 15.9 Å². The number of halogens is 2. The Balaban J connectivity index is 0.00000480. The second-order valence-corrected chi connectivity index (χ2v) is 13.4. The molecule has 242 valence electrons. The first-order valence-corrected chi connectivity index (χ1v) is 16.7. The van der Waals surface area contributed by atoms with E-state index in [2.05, 4.69) is 38.0 Å². The van der Waals surface area contributed by atoms with Gasteiger partial charge in [-0.05, 0) is 97.6 Å². The van der Waals surface area contributed by atoms with Crippen LogP contribution in [0.4, 0.5) is 21.9 Å². The van der Waals surface area contributed by atoms with Crippen LogP contribution in [0.3, 0.4) is 0 Å². The third-order valence-corrected chi connectivity index (χ3v) is 8.90. The number of piperidine rings is 1. The van der Waals surface area contributed by atoms with Crippen LogP contribution in [0.1, 0.15) is 36.8 Å². The molecular weight excluding hydrogens is 649 g/mol. The summed E-state index contributed by atoms with van der Waals surface area (Å²) in [6.07, 6.45) is 5.03. The number of hydrogen-bond donors (Lipinski definition) is 3. The van der Waals surface area contributed by atoms with Gasteiger partial charge in [-0.15, -0.1) is 12.4 Å². The zero-order valence-corrected chi connectivity index (χ0v) is 27.7. The van der Waals surface area contributed by atoms with E-state index in [0.29, 0.717) is 39.6 Å². The monoisotopic (exact) mass is 683 g/mol. The number of nitrogens with zero attached hydrogens (tertiary/aromatic N) is 2. The van der Waals surface area contributed by atoms with Crippen molar-refractivity contribution in [1.29, 1.82) is 0 Å². The largest absolute Gasteiger partial charge is 0.439 e. The Morgan fingerprint density at radius 1 is 0.913 bits per heavy atom. The first kappa shape index (κ1) is 34.7. The molecule has 4 aromatic rings. The van der Waals surface area contributed by atoms with Gasteiger partial charge >= 0.3 is 6.03 Å². The third kappa shape index (κ3) is 9.67. The molecule has 1 aliphatic heterocycles. The first-order valence-electron chi connectivity index (χ1n) is 14.4. The van der Waals surface area contributed by atoms with E-state index in [9.17, 15) is 18.0 Å². The molecule has 46 heavy (non-hydrogen) atoms. The van der Waals surface area contributed by atoms with Crippen molar-refractivity contribution < 1.29 is 22.7 Å². The van der Waals surface area contributed by atoms with Crippen LogP contribution in [0.25, 0.3) is 0 Å². The summed E-state index contributed by atoms with van der Waals surface area (Å²) in [5.74, 6) is 1.15. The van der Waals surface area contributed by atoms with Crippen LogP contribution in [-0.4, -0.2) is 49.6 Å². The average Bonchev–Trinajstić information content (AvgIpc) is 3.00. The van der Waals surface area contributed by atoms with Gasteiger partial charge in [0.15, 0.2) is 9.84 Å². The van der Waals surface area contributed by atoms with Crippen LogP contribution in [0.5, 0.6) is 11.6 Å². The van der Waals surface area contributed by atoms with Gasteiger partial charge in [0.2, 0.25) is 11.8 Å². The molecule has 3 N–H and O–H groups in total. The molecule has 1 aliphatic rings. The second-order valence-electron chi connectivity index (χ2n) is 11.0.